The van der Waals surface area contributed by atoms with Gasteiger partial charge in [0, 0.05) is 28.0 Å². The van der Waals surface area contributed by atoms with E-state index in [1.54, 1.807) is 19.1 Å². The summed E-state index contributed by atoms with van der Waals surface area (Å²) in [5, 5.41) is 6.35. The number of amides is 1. The van der Waals surface area contributed by atoms with Crippen molar-refractivity contribution in [2.45, 2.75) is 6.92 Å². The first-order valence-corrected chi connectivity index (χ1v) is 7.98. The van der Waals surface area contributed by atoms with Crippen molar-refractivity contribution in [2.75, 3.05) is 5.32 Å². The molecule has 0 fully saturated rings. The van der Waals surface area contributed by atoms with Crippen molar-refractivity contribution < 1.29 is 9.21 Å². The van der Waals surface area contributed by atoms with Gasteiger partial charge in [-0.3, -0.25) is 10.1 Å². The largest absolute Gasteiger partial charge is 0.456 e. The monoisotopic (exact) mass is 323 g/mol. The Morgan fingerprint density at radius 2 is 2.13 bits per heavy atom. The van der Waals surface area contributed by atoms with Gasteiger partial charge in [-0.15, -0.1) is 11.3 Å². The Bertz CT molecular complexity index is 996. The molecule has 3 heterocycles. The van der Waals surface area contributed by atoms with Crippen molar-refractivity contribution in [1.82, 2.24) is 9.97 Å². The minimum absolute atomic E-state index is 0.284. The first kappa shape index (κ1) is 13.8. The third-order valence-electron chi connectivity index (χ3n) is 3.55. The van der Waals surface area contributed by atoms with Crippen LogP contribution in [-0.4, -0.2) is 15.9 Å². The minimum atomic E-state index is -0.294. The molecule has 1 amide bonds. The molecule has 0 aliphatic heterocycles. The molecule has 23 heavy (non-hydrogen) atoms. The SMILES string of the molecule is Cc1ccc(C(=O)Nc2nc(-c3c[nH]c4ccccc34)cs2)o1. The van der Waals surface area contributed by atoms with Crippen LogP contribution in [0.3, 0.4) is 0 Å². The van der Waals surface area contributed by atoms with Gasteiger partial charge in [0.15, 0.2) is 10.9 Å². The number of hydrogen-bond donors (Lipinski definition) is 2. The van der Waals surface area contributed by atoms with Gasteiger partial charge in [0.25, 0.3) is 5.91 Å². The molecule has 0 saturated carbocycles. The molecule has 0 saturated heterocycles. The van der Waals surface area contributed by atoms with E-state index in [1.165, 1.54) is 11.3 Å². The van der Waals surface area contributed by atoms with Crippen LogP contribution < -0.4 is 5.32 Å². The predicted molar refractivity (Wildman–Crippen MR) is 90.8 cm³/mol. The van der Waals surface area contributed by atoms with Crippen molar-refractivity contribution >= 4 is 33.3 Å². The van der Waals surface area contributed by atoms with E-state index < -0.39 is 0 Å². The van der Waals surface area contributed by atoms with Crippen LogP contribution in [0.2, 0.25) is 0 Å². The Labute approximate surface area is 136 Å². The number of nitrogens with one attached hydrogen (secondary N) is 2. The topological polar surface area (TPSA) is 70.9 Å². The first-order chi connectivity index (χ1) is 11.2. The number of para-hydroxylation sites is 1. The molecule has 0 radical (unpaired) electrons. The molecule has 6 heteroatoms. The molecule has 2 N–H and O–H groups in total. The number of thiazole rings is 1. The van der Waals surface area contributed by atoms with Gasteiger partial charge in [0.2, 0.25) is 0 Å². The van der Waals surface area contributed by atoms with Gasteiger partial charge in [-0.1, -0.05) is 18.2 Å². The number of carbonyl (C=O) groups is 1. The normalized spacial score (nSPS) is 11.0. The quantitative estimate of drug-likeness (QED) is 0.585. The molecule has 5 nitrogen and oxygen atoms in total. The van der Waals surface area contributed by atoms with E-state index in [1.807, 2.05) is 35.8 Å². The summed E-state index contributed by atoms with van der Waals surface area (Å²) in [4.78, 5) is 19.8. The number of furan rings is 1. The number of aromatic amines is 1. The highest BCUT2D eigenvalue weighted by Gasteiger charge is 2.14. The average molecular weight is 323 g/mol. The predicted octanol–water partition coefficient (Wildman–Crippen LogP) is 4.45. The van der Waals surface area contributed by atoms with E-state index in [0.717, 1.165) is 22.2 Å². The maximum absolute atomic E-state index is 12.1. The number of fused-ring (bicyclic) bond motifs is 1. The van der Waals surface area contributed by atoms with Crippen LogP contribution in [0.4, 0.5) is 5.13 Å². The number of H-pyrrole nitrogens is 1. The lowest BCUT2D eigenvalue weighted by Crippen LogP contribution is -2.10. The molecule has 0 atom stereocenters. The standard InChI is InChI=1S/C17H13N3O2S/c1-10-6-7-15(22-10)16(21)20-17-19-14(9-23-17)12-8-18-13-5-3-2-4-11(12)13/h2-9,18H,1H3,(H,19,20,21). The van der Waals surface area contributed by atoms with Crippen LogP contribution in [0.25, 0.3) is 22.2 Å². The molecule has 0 aliphatic carbocycles. The molecule has 0 bridgehead atoms. The highest BCUT2D eigenvalue weighted by molar-refractivity contribution is 7.14. The van der Waals surface area contributed by atoms with Crippen molar-refractivity contribution in [1.29, 1.82) is 0 Å². The molecule has 0 aliphatic rings. The number of hydrogen-bond acceptors (Lipinski definition) is 4. The molecule has 3 aromatic heterocycles. The lowest BCUT2D eigenvalue weighted by atomic mass is 10.1. The number of carbonyl (C=O) groups excluding carboxylic acids is 1. The van der Waals surface area contributed by atoms with Crippen molar-refractivity contribution in [3.63, 3.8) is 0 Å². The fourth-order valence-corrected chi connectivity index (χ4v) is 3.16. The number of nitrogens with zero attached hydrogens (tertiary/aromatic N) is 1. The van der Waals surface area contributed by atoms with Gasteiger partial charge < -0.3 is 9.40 Å². The van der Waals surface area contributed by atoms with E-state index in [-0.39, 0.29) is 11.7 Å². The summed E-state index contributed by atoms with van der Waals surface area (Å²) in [5.74, 6) is 0.693. The Kier molecular flexibility index (Phi) is 3.24. The zero-order valence-electron chi connectivity index (χ0n) is 12.3. The van der Waals surface area contributed by atoms with Crippen molar-refractivity contribution in [3.05, 3.63) is 59.5 Å². The Morgan fingerprint density at radius 3 is 2.96 bits per heavy atom. The molecule has 0 spiro atoms. The third kappa shape index (κ3) is 2.53. The lowest BCUT2D eigenvalue weighted by molar-refractivity contribution is 0.0995. The van der Waals surface area contributed by atoms with Gasteiger partial charge in [-0.25, -0.2) is 4.98 Å². The number of rotatable bonds is 3. The second kappa shape index (κ2) is 5.40. The number of aryl methyl sites for hydroxylation is 1. The number of aromatic nitrogens is 2. The summed E-state index contributed by atoms with van der Waals surface area (Å²) in [7, 11) is 0. The van der Waals surface area contributed by atoms with E-state index in [9.17, 15) is 4.79 Å². The Morgan fingerprint density at radius 1 is 1.26 bits per heavy atom. The Balaban J connectivity index is 1.60. The summed E-state index contributed by atoms with van der Waals surface area (Å²) in [6.07, 6.45) is 1.93. The molecule has 0 unspecified atom stereocenters. The highest BCUT2D eigenvalue weighted by Crippen LogP contribution is 2.31. The summed E-state index contributed by atoms with van der Waals surface area (Å²) in [6, 6.07) is 11.5. The minimum Gasteiger partial charge on any atom is -0.456 e. The van der Waals surface area contributed by atoms with E-state index in [4.69, 9.17) is 4.42 Å². The van der Waals surface area contributed by atoms with Crippen LogP contribution in [-0.2, 0) is 0 Å². The van der Waals surface area contributed by atoms with E-state index in [2.05, 4.69) is 15.3 Å². The van der Waals surface area contributed by atoms with Gasteiger partial charge in [0.1, 0.15) is 5.76 Å². The molecule has 4 rings (SSSR count). The van der Waals surface area contributed by atoms with Gasteiger partial charge in [0.05, 0.1) is 5.69 Å². The Hall–Kier alpha value is -2.86. The summed E-state index contributed by atoms with van der Waals surface area (Å²) in [5.41, 5.74) is 2.91. The van der Waals surface area contributed by atoms with Gasteiger partial charge in [-0.05, 0) is 25.1 Å². The van der Waals surface area contributed by atoms with Crippen LogP contribution in [0, 0.1) is 6.92 Å². The van der Waals surface area contributed by atoms with Crippen LogP contribution >= 0.6 is 11.3 Å². The molecular formula is C17H13N3O2S. The highest BCUT2D eigenvalue weighted by atomic mass is 32.1. The van der Waals surface area contributed by atoms with E-state index in [0.29, 0.717) is 10.9 Å². The molecule has 1 aromatic carbocycles. The maximum atomic E-state index is 12.1. The fourth-order valence-electron chi connectivity index (χ4n) is 2.45. The fraction of sp³-hybridized carbons (Fsp3) is 0.0588. The smallest absolute Gasteiger partial charge is 0.293 e. The zero-order chi connectivity index (χ0) is 15.8. The molecule has 114 valence electrons. The second-order valence-corrected chi connectivity index (χ2v) is 6.01. The van der Waals surface area contributed by atoms with Crippen molar-refractivity contribution in [3.8, 4) is 11.3 Å². The first-order valence-electron chi connectivity index (χ1n) is 7.10. The number of anilines is 1. The average Bonchev–Trinajstić information content (AvgIpc) is 3.26. The number of benzene rings is 1. The van der Waals surface area contributed by atoms with Gasteiger partial charge >= 0.3 is 0 Å². The summed E-state index contributed by atoms with van der Waals surface area (Å²) >= 11 is 1.39. The lowest BCUT2D eigenvalue weighted by Gasteiger charge is -1.98. The van der Waals surface area contributed by atoms with Crippen LogP contribution in [0.1, 0.15) is 16.3 Å². The van der Waals surface area contributed by atoms with Gasteiger partial charge in [-0.2, -0.15) is 0 Å². The summed E-state index contributed by atoms with van der Waals surface area (Å²) in [6.45, 7) is 1.80. The second-order valence-electron chi connectivity index (χ2n) is 5.15. The van der Waals surface area contributed by atoms with Crippen LogP contribution in [0.15, 0.2) is 52.4 Å². The maximum Gasteiger partial charge on any atom is 0.293 e. The van der Waals surface area contributed by atoms with Crippen LogP contribution in [0.5, 0.6) is 0 Å². The zero-order valence-corrected chi connectivity index (χ0v) is 13.1. The van der Waals surface area contributed by atoms with E-state index >= 15 is 0 Å². The summed E-state index contributed by atoms with van der Waals surface area (Å²) < 4.78 is 5.31. The molecule has 4 aromatic rings. The molecular weight excluding hydrogens is 310 g/mol. The van der Waals surface area contributed by atoms with Crippen molar-refractivity contribution in [2.24, 2.45) is 0 Å². The third-order valence-corrected chi connectivity index (χ3v) is 4.31.